The monoisotopic (exact) mass is 287 g/mol. The molecule has 0 aromatic carbocycles. The van der Waals surface area contributed by atoms with Crippen molar-refractivity contribution in [3.63, 3.8) is 0 Å². The van der Waals surface area contributed by atoms with Crippen molar-refractivity contribution < 1.29 is 4.79 Å². The second-order valence-electron chi connectivity index (χ2n) is 5.29. The molecule has 0 aliphatic rings. The van der Waals surface area contributed by atoms with Gasteiger partial charge in [-0.3, -0.25) is 14.5 Å². The Morgan fingerprint density at radius 1 is 1.33 bits per heavy atom. The summed E-state index contributed by atoms with van der Waals surface area (Å²) < 4.78 is 1.73. The fourth-order valence-corrected chi connectivity index (χ4v) is 2.27. The highest BCUT2D eigenvalue weighted by Gasteiger charge is 2.10. The lowest BCUT2D eigenvalue weighted by Crippen LogP contribution is -2.26. The first-order chi connectivity index (χ1) is 10.0. The smallest absolute Gasteiger partial charge is 0.222 e. The molecule has 0 bridgehead atoms. The first-order valence-corrected chi connectivity index (χ1v) is 7.05. The number of carbonyl (C=O) groups excluding carboxylic acids is 1. The van der Waals surface area contributed by atoms with E-state index in [1.165, 1.54) is 11.9 Å². The van der Waals surface area contributed by atoms with Crippen LogP contribution in [0.2, 0.25) is 0 Å². The van der Waals surface area contributed by atoms with Crippen LogP contribution in [0.3, 0.4) is 0 Å². The summed E-state index contributed by atoms with van der Waals surface area (Å²) in [5.41, 5.74) is 3.08. The molecular weight excluding hydrogens is 266 g/mol. The molecule has 2 heterocycles. The number of carbonyl (C=O) groups is 1. The van der Waals surface area contributed by atoms with E-state index < -0.39 is 0 Å². The van der Waals surface area contributed by atoms with Gasteiger partial charge in [-0.15, -0.1) is 0 Å². The van der Waals surface area contributed by atoms with Gasteiger partial charge in [0.05, 0.1) is 12.2 Å². The number of rotatable bonds is 6. The zero-order chi connectivity index (χ0) is 15.2. The molecule has 2 rings (SSSR count). The predicted molar refractivity (Wildman–Crippen MR) is 79.4 cm³/mol. The van der Waals surface area contributed by atoms with Crippen molar-refractivity contribution in [2.45, 2.75) is 39.8 Å². The number of pyridine rings is 1. The van der Waals surface area contributed by atoms with E-state index in [0.717, 1.165) is 17.8 Å². The molecule has 0 fully saturated rings. The first kappa shape index (κ1) is 15.2. The molecule has 0 aliphatic carbocycles. The molecular formula is C15H21N5O. The second kappa shape index (κ2) is 6.97. The van der Waals surface area contributed by atoms with Crippen LogP contribution in [0.1, 0.15) is 29.8 Å². The van der Waals surface area contributed by atoms with Crippen LogP contribution < -0.4 is 0 Å². The number of aryl methyl sites for hydroxylation is 3. The highest BCUT2D eigenvalue weighted by atomic mass is 16.2. The third-order valence-electron chi connectivity index (χ3n) is 3.22. The average molecular weight is 287 g/mol. The second-order valence-corrected chi connectivity index (χ2v) is 5.29. The minimum atomic E-state index is 0.121. The molecule has 0 atom stereocenters. The fraction of sp³-hybridized carbons (Fsp3) is 0.467. The molecule has 2 aromatic heterocycles. The van der Waals surface area contributed by atoms with E-state index in [4.69, 9.17) is 0 Å². The van der Waals surface area contributed by atoms with Crippen molar-refractivity contribution >= 4 is 5.91 Å². The highest BCUT2D eigenvalue weighted by molar-refractivity contribution is 5.75. The summed E-state index contributed by atoms with van der Waals surface area (Å²) in [4.78, 5) is 22.2. The largest absolute Gasteiger partial charge is 0.340 e. The molecule has 1 amide bonds. The van der Waals surface area contributed by atoms with Gasteiger partial charge in [-0.05, 0) is 38.0 Å². The summed E-state index contributed by atoms with van der Waals surface area (Å²) in [6, 6.07) is 4.05. The number of aromatic nitrogens is 4. The van der Waals surface area contributed by atoms with Crippen LogP contribution in [0.15, 0.2) is 24.8 Å². The minimum absolute atomic E-state index is 0.121. The van der Waals surface area contributed by atoms with Crippen molar-refractivity contribution in [3.05, 3.63) is 41.7 Å². The van der Waals surface area contributed by atoms with E-state index >= 15 is 0 Å². The quantitative estimate of drug-likeness (QED) is 0.811. The van der Waals surface area contributed by atoms with Crippen LogP contribution >= 0.6 is 0 Å². The Labute approximate surface area is 124 Å². The van der Waals surface area contributed by atoms with E-state index in [2.05, 4.69) is 15.1 Å². The van der Waals surface area contributed by atoms with Crippen LogP contribution in [0, 0.1) is 13.8 Å². The van der Waals surface area contributed by atoms with Crippen LogP contribution in [0.4, 0.5) is 0 Å². The van der Waals surface area contributed by atoms with Crippen LogP contribution in [0.25, 0.3) is 0 Å². The van der Waals surface area contributed by atoms with Gasteiger partial charge in [0.2, 0.25) is 5.91 Å². The highest BCUT2D eigenvalue weighted by Crippen LogP contribution is 2.08. The molecule has 0 saturated heterocycles. The number of hydrogen-bond acceptors (Lipinski definition) is 4. The number of amides is 1. The Morgan fingerprint density at radius 3 is 2.81 bits per heavy atom. The Hall–Kier alpha value is -2.24. The maximum absolute atomic E-state index is 12.1. The molecule has 0 radical (unpaired) electrons. The molecule has 2 aromatic rings. The Bertz CT molecular complexity index is 574. The molecule has 0 N–H and O–H groups in total. The van der Waals surface area contributed by atoms with Crippen molar-refractivity contribution in [2.24, 2.45) is 0 Å². The normalized spacial score (nSPS) is 10.6. The molecule has 0 spiro atoms. The summed E-state index contributed by atoms with van der Waals surface area (Å²) >= 11 is 0. The summed E-state index contributed by atoms with van der Waals surface area (Å²) in [5, 5.41) is 4.02. The number of nitrogens with zero attached hydrogens (tertiary/aromatic N) is 5. The summed E-state index contributed by atoms with van der Waals surface area (Å²) in [6.45, 7) is 5.26. The van der Waals surface area contributed by atoms with Crippen molar-refractivity contribution in [1.82, 2.24) is 24.6 Å². The Morgan fingerprint density at radius 2 is 2.14 bits per heavy atom. The molecule has 0 unspecified atom stereocenters. The van der Waals surface area contributed by atoms with E-state index in [-0.39, 0.29) is 5.91 Å². The Balaban J connectivity index is 1.81. The van der Waals surface area contributed by atoms with E-state index in [1.54, 1.807) is 15.9 Å². The van der Waals surface area contributed by atoms with Gasteiger partial charge in [0, 0.05) is 25.7 Å². The van der Waals surface area contributed by atoms with Crippen LogP contribution in [-0.4, -0.2) is 37.6 Å². The summed E-state index contributed by atoms with van der Waals surface area (Å²) in [5.74, 6) is 0.121. The minimum Gasteiger partial charge on any atom is -0.340 e. The van der Waals surface area contributed by atoms with Crippen molar-refractivity contribution in [2.75, 3.05) is 7.05 Å². The van der Waals surface area contributed by atoms with E-state index in [1.807, 2.05) is 33.0 Å². The number of hydrogen-bond donors (Lipinski definition) is 0. The zero-order valence-corrected chi connectivity index (χ0v) is 12.8. The van der Waals surface area contributed by atoms with Crippen LogP contribution in [-0.2, 0) is 17.9 Å². The van der Waals surface area contributed by atoms with Gasteiger partial charge in [-0.1, -0.05) is 0 Å². The van der Waals surface area contributed by atoms with Gasteiger partial charge in [0.25, 0.3) is 0 Å². The summed E-state index contributed by atoms with van der Waals surface area (Å²) in [7, 11) is 1.82. The Kier molecular flexibility index (Phi) is 5.03. The fourth-order valence-electron chi connectivity index (χ4n) is 2.27. The topological polar surface area (TPSA) is 63.9 Å². The first-order valence-electron chi connectivity index (χ1n) is 7.05. The third kappa shape index (κ3) is 4.66. The molecule has 6 heteroatoms. The van der Waals surface area contributed by atoms with Gasteiger partial charge in [0.1, 0.15) is 12.7 Å². The van der Waals surface area contributed by atoms with Crippen molar-refractivity contribution in [1.29, 1.82) is 0 Å². The van der Waals surface area contributed by atoms with Gasteiger partial charge in [0.15, 0.2) is 0 Å². The van der Waals surface area contributed by atoms with Gasteiger partial charge in [-0.2, -0.15) is 5.10 Å². The van der Waals surface area contributed by atoms with Gasteiger partial charge < -0.3 is 4.90 Å². The zero-order valence-electron chi connectivity index (χ0n) is 12.8. The summed E-state index contributed by atoms with van der Waals surface area (Å²) in [6.07, 6.45) is 4.42. The molecule has 6 nitrogen and oxygen atoms in total. The SMILES string of the molecule is Cc1cc(C)nc(CN(C)C(=O)CCCn2cncn2)c1. The standard InChI is InChI=1S/C15H21N5O/c1-12-7-13(2)18-14(8-12)9-19(3)15(21)5-4-6-20-11-16-10-17-20/h7-8,10-11H,4-6,9H2,1-3H3. The lowest BCUT2D eigenvalue weighted by atomic mass is 10.2. The molecule has 21 heavy (non-hydrogen) atoms. The van der Waals surface area contributed by atoms with Crippen LogP contribution in [0.5, 0.6) is 0 Å². The lowest BCUT2D eigenvalue weighted by molar-refractivity contribution is -0.130. The predicted octanol–water partition coefficient (Wildman–Crippen LogP) is 1.73. The molecule has 0 saturated carbocycles. The molecule has 0 aliphatic heterocycles. The van der Waals surface area contributed by atoms with E-state index in [9.17, 15) is 4.79 Å². The maximum Gasteiger partial charge on any atom is 0.222 e. The lowest BCUT2D eigenvalue weighted by Gasteiger charge is -2.17. The third-order valence-corrected chi connectivity index (χ3v) is 3.22. The average Bonchev–Trinajstić information content (AvgIpc) is 2.90. The van der Waals surface area contributed by atoms with Crippen molar-refractivity contribution in [3.8, 4) is 0 Å². The van der Waals surface area contributed by atoms with E-state index in [0.29, 0.717) is 19.5 Å². The van der Waals surface area contributed by atoms with Gasteiger partial charge >= 0.3 is 0 Å². The van der Waals surface area contributed by atoms with Gasteiger partial charge in [-0.25, -0.2) is 4.98 Å². The maximum atomic E-state index is 12.1. The molecule has 112 valence electrons.